The lowest BCUT2D eigenvalue weighted by Crippen LogP contribution is -2.16. The van der Waals surface area contributed by atoms with Crippen LogP contribution in [0.25, 0.3) is 10.1 Å². The molecule has 136 valence electrons. The number of fused-ring (bicyclic) bond motifs is 1. The average molecular weight is 392 g/mol. The maximum Gasteiger partial charge on any atom is 0.284 e. The molecular weight excluding hydrogens is 376 g/mol. The van der Waals surface area contributed by atoms with E-state index in [1.54, 1.807) is 41.9 Å². The van der Waals surface area contributed by atoms with E-state index in [0.29, 0.717) is 27.0 Å². The summed E-state index contributed by atoms with van der Waals surface area (Å²) in [6.45, 7) is 0. The summed E-state index contributed by atoms with van der Waals surface area (Å²) in [4.78, 5) is 12.4. The second-order valence-electron chi connectivity index (χ2n) is 5.19. The van der Waals surface area contributed by atoms with E-state index in [1.165, 1.54) is 25.6 Å². The van der Waals surface area contributed by atoms with Crippen molar-refractivity contribution in [3.63, 3.8) is 0 Å². The van der Waals surface area contributed by atoms with Crippen LogP contribution in [-0.2, 0) is 11.0 Å². The number of anilines is 1. The topological polar surface area (TPSA) is 96.9 Å². The fourth-order valence-electron chi connectivity index (χ4n) is 2.37. The number of hydrogen-bond donors (Lipinski definition) is 3. The van der Waals surface area contributed by atoms with Gasteiger partial charge in [-0.15, -0.1) is 11.3 Å². The molecule has 0 aliphatic rings. The van der Waals surface area contributed by atoms with Gasteiger partial charge in [0, 0.05) is 16.5 Å². The molecule has 0 bridgehead atoms. The smallest absolute Gasteiger partial charge is 0.284 e. The number of amides is 1. The molecule has 3 rings (SSSR count). The van der Waals surface area contributed by atoms with Crippen LogP contribution in [0.2, 0.25) is 0 Å². The van der Waals surface area contributed by atoms with Crippen LogP contribution in [0.1, 0.15) is 9.67 Å². The summed E-state index contributed by atoms with van der Waals surface area (Å²) in [5, 5.41) is 9.54. The Morgan fingerprint density at radius 1 is 1.08 bits per heavy atom. The Morgan fingerprint density at radius 3 is 2.54 bits per heavy atom. The Bertz CT molecular complexity index is 986. The molecule has 0 fully saturated rings. The molecule has 9 heteroatoms. The molecule has 3 N–H and O–H groups in total. The van der Waals surface area contributed by atoms with Gasteiger partial charge in [-0.05, 0) is 41.8 Å². The summed E-state index contributed by atoms with van der Waals surface area (Å²) in [5.41, 5.74) is 2.25. The van der Waals surface area contributed by atoms with Gasteiger partial charge in [-0.2, -0.15) is 0 Å². The van der Waals surface area contributed by atoms with Gasteiger partial charge >= 0.3 is 0 Å². The molecule has 2 aromatic carbocycles. The number of hydrogen-bond acceptors (Lipinski definition) is 6. The van der Waals surface area contributed by atoms with Crippen molar-refractivity contribution in [2.45, 2.75) is 4.90 Å². The van der Waals surface area contributed by atoms with Gasteiger partial charge in [-0.25, -0.2) is 9.69 Å². The minimum absolute atomic E-state index is 0.390. The number of hydroxylamine groups is 1. The Morgan fingerprint density at radius 2 is 1.85 bits per heavy atom. The van der Waals surface area contributed by atoms with Crippen LogP contribution in [-0.4, -0.2) is 29.5 Å². The van der Waals surface area contributed by atoms with Gasteiger partial charge < -0.3 is 14.2 Å². The van der Waals surface area contributed by atoms with Crippen molar-refractivity contribution in [2.75, 3.05) is 18.9 Å². The molecule has 1 aromatic heterocycles. The third kappa shape index (κ3) is 3.64. The molecule has 0 aliphatic heterocycles. The molecule has 0 aliphatic carbocycles. The van der Waals surface area contributed by atoms with Crippen molar-refractivity contribution < 1.29 is 23.7 Å². The normalized spacial score (nSPS) is 11.8. The number of ether oxygens (including phenoxy) is 2. The monoisotopic (exact) mass is 392 g/mol. The minimum Gasteiger partial charge on any atom is -0.493 e. The van der Waals surface area contributed by atoms with Gasteiger partial charge in [0.15, 0.2) is 11.5 Å². The molecule has 1 atom stereocenters. The first-order chi connectivity index (χ1) is 12.5. The molecule has 0 radical (unpaired) electrons. The number of carbonyl (C=O) groups is 1. The van der Waals surface area contributed by atoms with E-state index in [9.17, 15) is 9.00 Å². The fourth-order valence-corrected chi connectivity index (χ4v) is 4.17. The number of methoxy groups -OCH3 is 2. The van der Waals surface area contributed by atoms with Gasteiger partial charge in [0.25, 0.3) is 5.91 Å². The van der Waals surface area contributed by atoms with Crippen LogP contribution >= 0.6 is 11.3 Å². The molecule has 0 saturated heterocycles. The van der Waals surface area contributed by atoms with Crippen LogP contribution < -0.4 is 19.7 Å². The lowest BCUT2D eigenvalue weighted by molar-refractivity contribution is 0.0711. The van der Waals surface area contributed by atoms with Crippen molar-refractivity contribution in [1.82, 2.24) is 5.48 Å². The summed E-state index contributed by atoms with van der Waals surface area (Å²) in [7, 11) is 1.55. The van der Waals surface area contributed by atoms with Gasteiger partial charge in [0.1, 0.15) is 11.0 Å². The Kier molecular flexibility index (Phi) is 5.40. The van der Waals surface area contributed by atoms with E-state index in [-0.39, 0.29) is 0 Å². The van der Waals surface area contributed by atoms with E-state index in [4.69, 9.17) is 14.7 Å². The minimum atomic E-state index is -1.50. The third-order valence-electron chi connectivity index (χ3n) is 3.62. The highest BCUT2D eigenvalue weighted by molar-refractivity contribution is 7.86. The summed E-state index contributed by atoms with van der Waals surface area (Å²) < 4.78 is 26.8. The highest BCUT2D eigenvalue weighted by Gasteiger charge is 2.12. The summed E-state index contributed by atoms with van der Waals surface area (Å²) in [6, 6.07) is 12.1. The van der Waals surface area contributed by atoms with Crippen molar-refractivity contribution >= 4 is 44.0 Å². The molecule has 1 heterocycles. The molecule has 1 amide bonds. The summed E-state index contributed by atoms with van der Waals surface area (Å²) >= 11 is 1.26. The predicted molar refractivity (Wildman–Crippen MR) is 101 cm³/mol. The molecule has 26 heavy (non-hydrogen) atoms. The van der Waals surface area contributed by atoms with E-state index in [1.807, 2.05) is 6.07 Å². The van der Waals surface area contributed by atoms with Crippen molar-refractivity contribution in [3.8, 4) is 11.5 Å². The highest BCUT2D eigenvalue weighted by Crippen LogP contribution is 2.31. The molecule has 0 spiro atoms. The molecule has 7 nitrogen and oxygen atoms in total. The molecule has 1 unspecified atom stereocenters. The maximum absolute atomic E-state index is 12.6. The lowest BCUT2D eigenvalue weighted by atomic mass is 10.2. The van der Waals surface area contributed by atoms with E-state index in [0.717, 1.165) is 10.1 Å². The van der Waals surface area contributed by atoms with Crippen LogP contribution in [0.5, 0.6) is 11.5 Å². The number of thiophene rings is 1. The Labute approximate surface area is 156 Å². The second kappa shape index (κ2) is 7.73. The first kappa shape index (κ1) is 18.2. The van der Waals surface area contributed by atoms with E-state index < -0.39 is 16.9 Å². The predicted octanol–water partition coefficient (Wildman–Crippen LogP) is 3.17. The summed E-state index contributed by atoms with van der Waals surface area (Å²) in [6.07, 6.45) is 0. The van der Waals surface area contributed by atoms with Crippen molar-refractivity contribution in [1.29, 1.82) is 0 Å². The first-order valence-electron chi connectivity index (χ1n) is 7.44. The van der Waals surface area contributed by atoms with Crippen LogP contribution in [0.15, 0.2) is 47.4 Å². The quantitative estimate of drug-likeness (QED) is 0.442. The van der Waals surface area contributed by atoms with Gasteiger partial charge in [0.2, 0.25) is 0 Å². The number of benzene rings is 2. The largest absolute Gasteiger partial charge is 0.493 e. The lowest BCUT2D eigenvalue weighted by Gasteiger charge is -2.10. The molecular formula is C17H16N2O5S2. The molecule has 3 aromatic rings. The van der Waals surface area contributed by atoms with Gasteiger partial charge in [-0.3, -0.25) is 10.0 Å². The first-order valence-corrected chi connectivity index (χ1v) is 9.41. The zero-order valence-corrected chi connectivity index (χ0v) is 15.6. The van der Waals surface area contributed by atoms with E-state index in [2.05, 4.69) is 4.72 Å². The van der Waals surface area contributed by atoms with Crippen LogP contribution in [0, 0.1) is 0 Å². The Balaban J connectivity index is 1.84. The average Bonchev–Trinajstić information content (AvgIpc) is 3.10. The summed E-state index contributed by atoms with van der Waals surface area (Å²) in [5.74, 6) is 0.491. The SMILES string of the molecule is COc1ccc(S(=O)Nc2ccc3sc(C(=O)NO)cc3c2)cc1OC. The van der Waals surface area contributed by atoms with Crippen molar-refractivity contribution in [2.24, 2.45) is 0 Å². The zero-order valence-electron chi connectivity index (χ0n) is 13.9. The number of nitrogens with one attached hydrogen (secondary N) is 2. The van der Waals surface area contributed by atoms with E-state index >= 15 is 0 Å². The standard InChI is InChI=1S/C17H16N2O5S2/c1-23-13-5-4-12(9-14(13)24-2)26(22)19-11-3-6-15-10(7-11)8-16(25-15)17(20)18-21/h3-9,19,21H,1-2H3,(H,18,20). The van der Waals surface area contributed by atoms with Crippen LogP contribution in [0.4, 0.5) is 5.69 Å². The van der Waals surface area contributed by atoms with Crippen molar-refractivity contribution in [3.05, 3.63) is 47.3 Å². The van der Waals surface area contributed by atoms with Crippen LogP contribution in [0.3, 0.4) is 0 Å². The van der Waals surface area contributed by atoms with Gasteiger partial charge in [0.05, 0.1) is 24.0 Å². The second-order valence-corrected chi connectivity index (χ2v) is 7.49. The third-order valence-corrected chi connectivity index (χ3v) is 5.84. The maximum atomic E-state index is 12.6. The highest BCUT2D eigenvalue weighted by atomic mass is 32.2. The number of carbonyl (C=O) groups excluding carboxylic acids is 1. The molecule has 0 saturated carbocycles. The zero-order chi connectivity index (χ0) is 18.7. The van der Waals surface area contributed by atoms with Gasteiger partial charge in [-0.1, -0.05) is 0 Å². The fraction of sp³-hybridized carbons (Fsp3) is 0.118. The number of rotatable bonds is 6. The Hall–Kier alpha value is -2.62.